The third-order valence-corrected chi connectivity index (χ3v) is 5.08. The quantitative estimate of drug-likeness (QED) is 0.862. The molecular formula is C16H28N2O2. The Labute approximate surface area is 122 Å². The van der Waals surface area contributed by atoms with Crippen molar-refractivity contribution in [2.45, 2.75) is 71.4 Å². The molecule has 1 saturated heterocycles. The highest BCUT2D eigenvalue weighted by Crippen LogP contribution is 2.32. The van der Waals surface area contributed by atoms with E-state index in [0.29, 0.717) is 24.9 Å². The minimum Gasteiger partial charge on any atom is -0.344 e. The number of nitrogens with one attached hydrogen (secondary N) is 1. The Morgan fingerprint density at radius 2 is 1.95 bits per heavy atom. The highest BCUT2D eigenvalue weighted by Gasteiger charge is 2.36. The van der Waals surface area contributed by atoms with Crippen molar-refractivity contribution in [3.05, 3.63) is 0 Å². The van der Waals surface area contributed by atoms with Gasteiger partial charge in [-0.2, -0.15) is 0 Å². The molecule has 1 N–H and O–H groups in total. The summed E-state index contributed by atoms with van der Waals surface area (Å²) in [5.41, 5.74) is 0. The summed E-state index contributed by atoms with van der Waals surface area (Å²) in [6, 6.07) is 0.0328. The number of nitrogens with zero attached hydrogens (tertiary/aromatic N) is 1. The predicted molar refractivity (Wildman–Crippen MR) is 79.1 cm³/mol. The van der Waals surface area contributed by atoms with Crippen LogP contribution in [0.1, 0.15) is 59.3 Å². The standard InChI is InChI=1S/C16H28N2O2/c1-4-5-14-16(20)18(9-8-15(19)17-14)13-7-6-11(2)12(3)10-13/h11-14H,4-10H2,1-3H3,(H,17,19). The van der Waals surface area contributed by atoms with E-state index in [1.165, 1.54) is 6.42 Å². The van der Waals surface area contributed by atoms with Crippen LogP contribution in [0.3, 0.4) is 0 Å². The fourth-order valence-corrected chi connectivity index (χ4v) is 3.51. The maximum absolute atomic E-state index is 12.7. The minimum absolute atomic E-state index is 0.0246. The molecular weight excluding hydrogens is 252 g/mol. The lowest BCUT2D eigenvalue weighted by Crippen LogP contribution is -2.50. The Hall–Kier alpha value is -1.06. The van der Waals surface area contributed by atoms with Crippen molar-refractivity contribution in [3.63, 3.8) is 0 Å². The van der Waals surface area contributed by atoms with Crippen molar-refractivity contribution in [3.8, 4) is 0 Å². The van der Waals surface area contributed by atoms with Crippen molar-refractivity contribution >= 4 is 11.8 Å². The molecule has 0 radical (unpaired) electrons. The van der Waals surface area contributed by atoms with E-state index < -0.39 is 0 Å². The second-order valence-electron chi connectivity index (χ2n) is 6.61. The minimum atomic E-state index is -0.301. The number of carbonyl (C=O) groups excluding carboxylic acids is 2. The van der Waals surface area contributed by atoms with Crippen LogP contribution in [0.2, 0.25) is 0 Å². The third kappa shape index (κ3) is 3.33. The van der Waals surface area contributed by atoms with Crippen LogP contribution in [0.5, 0.6) is 0 Å². The van der Waals surface area contributed by atoms with Crippen molar-refractivity contribution in [2.75, 3.05) is 6.54 Å². The second kappa shape index (κ2) is 6.59. The first-order valence-electron chi connectivity index (χ1n) is 8.12. The Bertz CT molecular complexity index is 369. The van der Waals surface area contributed by atoms with Gasteiger partial charge in [0, 0.05) is 19.0 Å². The van der Waals surface area contributed by atoms with Gasteiger partial charge < -0.3 is 10.2 Å². The number of amides is 2. The SMILES string of the molecule is CCCC1NC(=O)CCN(C2CCC(C)C(C)C2)C1=O. The fourth-order valence-electron chi connectivity index (χ4n) is 3.51. The molecule has 4 unspecified atom stereocenters. The van der Waals surface area contributed by atoms with Gasteiger partial charge in [0.2, 0.25) is 11.8 Å². The Balaban J connectivity index is 2.08. The van der Waals surface area contributed by atoms with E-state index in [2.05, 4.69) is 26.1 Å². The molecule has 1 aliphatic carbocycles. The molecule has 4 atom stereocenters. The van der Waals surface area contributed by atoms with Crippen LogP contribution in [0, 0.1) is 11.8 Å². The Morgan fingerprint density at radius 3 is 2.60 bits per heavy atom. The molecule has 0 spiro atoms. The Morgan fingerprint density at radius 1 is 1.20 bits per heavy atom. The van der Waals surface area contributed by atoms with E-state index in [9.17, 15) is 9.59 Å². The van der Waals surface area contributed by atoms with Gasteiger partial charge in [-0.25, -0.2) is 0 Å². The van der Waals surface area contributed by atoms with E-state index in [-0.39, 0.29) is 17.9 Å². The van der Waals surface area contributed by atoms with Crippen molar-refractivity contribution in [2.24, 2.45) is 11.8 Å². The monoisotopic (exact) mass is 280 g/mol. The van der Waals surface area contributed by atoms with Crippen LogP contribution < -0.4 is 5.32 Å². The van der Waals surface area contributed by atoms with E-state index in [1.807, 2.05) is 4.90 Å². The molecule has 2 rings (SSSR count). The fraction of sp³-hybridized carbons (Fsp3) is 0.875. The van der Waals surface area contributed by atoms with Gasteiger partial charge in [-0.05, 0) is 37.5 Å². The highest BCUT2D eigenvalue weighted by atomic mass is 16.2. The summed E-state index contributed by atoms with van der Waals surface area (Å²) < 4.78 is 0. The lowest BCUT2D eigenvalue weighted by molar-refractivity contribution is -0.136. The maximum Gasteiger partial charge on any atom is 0.245 e. The maximum atomic E-state index is 12.7. The van der Waals surface area contributed by atoms with Gasteiger partial charge in [0.05, 0.1) is 0 Å². The van der Waals surface area contributed by atoms with Crippen LogP contribution in [-0.4, -0.2) is 35.3 Å². The summed E-state index contributed by atoms with van der Waals surface area (Å²) in [6.07, 6.45) is 5.48. The summed E-state index contributed by atoms with van der Waals surface area (Å²) in [7, 11) is 0. The average molecular weight is 280 g/mol. The van der Waals surface area contributed by atoms with Gasteiger partial charge in [-0.15, -0.1) is 0 Å². The van der Waals surface area contributed by atoms with Crippen LogP contribution in [-0.2, 0) is 9.59 Å². The molecule has 0 aromatic rings. The van der Waals surface area contributed by atoms with Crippen LogP contribution in [0.15, 0.2) is 0 Å². The van der Waals surface area contributed by atoms with Crippen LogP contribution in [0.25, 0.3) is 0 Å². The number of rotatable bonds is 3. The van der Waals surface area contributed by atoms with Gasteiger partial charge in [0.1, 0.15) is 6.04 Å². The lowest BCUT2D eigenvalue weighted by atomic mass is 9.78. The molecule has 4 nitrogen and oxygen atoms in total. The number of carbonyl (C=O) groups is 2. The van der Waals surface area contributed by atoms with Crippen molar-refractivity contribution in [1.82, 2.24) is 10.2 Å². The van der Waals surface area contributed by atoms with Gasteiger partial charge in [0.15, 0.2) is 0 Å². The second-order valence-corrected chi connectivity index (χ2v) is 6.61. The first-order chi connectivity index (χ1) is 9.52. The number of hydrogen-bond acceptors (Lipinski definition) is 2. The third-order valence-electron chi connectivity index (χ3n) is 5.08. The molecule has 1 heterocycles. The molecule has 0 aromatic heterocycles. The summed E-state index contributed by atoms with van der Waals surface area (Å²) in [4.78, 5) is 26.4. The van der Waals surface area contributed by atoms with Gasteiger partial charge in [-0.3, -0.25) is 9.59 Å². The van der Waals surface area contributed by atoms with E-state index >= 15 is 0 Å². The predicted octanol–water partition coefficient (Wildman–Crippen LogP) is 2.33. The smallest absolute Gasteiger partial charge is 0.245 e. The Kier molecular flexibility index (Phi) is 5.06. The van der Waals surface area contributed by atoms with E-state index in [1.54, 1.807) is 0 Å². The van der Waals surface area contributed by atoms with Crippen LogP contribution >= 0.6 is 0 Å². The van der Waals surface area contributed by atoms with Crippen molar-refractivity contribution < 1.29 is 9.59 Å². The highest BCUT2D eigenvalue weighted by molar-refractivity contribution is 5.90. The molecule has 2 aliphatic rings. The molecule has 114 valence electrons. The van der Waals surface area contributed by atoms with Gasteiger partial charge >= 0.3 is 0 Å². The molecule has 2 fully saturated rings. The molecule has 0 aromatic carbocycles. The summed E-state index contributed by atoms with van der Waals surface area (Å²) >= 11 is 0. The summed E-state index contributed by atoms with van der Waals surface area (Å²) in [5, 5.41) is 2.89. The zero-order valence-electron chi connectivity index (χ0n) is 13.0. The lowest BCUT2D eigenvalue weighted by Gasteiger charge is -2.39. The first kappa shape index (κ1) is 15.3. The van der Waals surface area contributed by atoms with E-state index in [0.717, 1.165) is 31.6 Å². The molecule has 1 aliphatic heterocycles. The molecule has 2 amide bonds. The van der Waals surface area contributed by atoms with E-state index in [4.69, 9.17) is 0 Å². The normalized spacial score (nSPS) is 35.6. The topological polar surface area (TPSA) is 49.4 Å². The number of hydrogen-bond donors (Lipinski definition) is 1. The largest absolute Gasteiger partial charge is 0.344 e. The average Bonchev–Trinajstić information content (AvgIpc) is 2.54. The molecule has 1 saturated carbocycles. The molecule has 20 heavy (non-hydrogen) atoms. The van der Waals surface area contributed by atoms with Gasteiger partial charge in [0.25, 0.3) is 0 Å². The molecule has 4 heteroatoms. The molecule has 0 bridgehead atoms. The summed E-state index contributed by atoms with van der Waals surface area (Å²) in [5.74, 6) is 1.58. The zero-order valence-corrected chi connectivity index (χ0v) is 13.0. The summed E-state index contributed by atoms with van der Waals surface area (Å²) in [6.45, 7) is 7.23. The van der Waals surface area contributed by atoms with Gasteiger partial charge in [-0.1, -0.05) is 27.2 Å². The zero-order chi connectivity index (χ0) is 14.7. The van der Waals surface area contributed by atoms with Crippen LogP contribution in [0.4, 0.5) is 0 Å². The first-order valence-corrected chi connectivity index (χ1v) is 8.12. The van der Waals surface area contributed by atoms with Crippen molar-refractivity contribution in [1.29, 1.82) is 0 Å².